The van der Waals surface area contributed by atoms with Gasteiger partial charge in [-0.05, 0) is 29.9 Å². The first kappa shape index (κ1) is 13.2. The molecule has 1 aromatic carbocycles. The van der Waals surface area contributed by atoms with E-state index >= 15 is 0 Å². The van der Waals surface area contributed by atoms with Gasteiger partial charge in [-0.15, -0.1) is 0 Å². The second kappa shape index (κ2) is 6.66. The van der Waals surface area contributed by atoms with Crippen LogP contribution in [0.1, 0.15) is 43.9 Å². The lowest BCUT2D eigenvalue weighted by Crippen LogP contribution is -2.00. The van der Waals surface area contributed by atoms with E-state index in [0.717, 1.165) is 24.0 Å². The first-order chi connectivity index (χ1) is 7.63. The number of rotatable bonds is 6. The van der Waals surface area contributed by atoms with Crippen LogP contribution in [0.2, 0.25) is 0 Å². The predicted molar refractivity (Wildman–Crippen MR) is 66.2 cm³/mol. The molecular weight excluding hydrogens is 200 g/mol. The maximum absolute atomic E-state index is 9.96. The van der Waals surface area contributed by atoms with Crippen LogP contribution in [0.15, 0.2) is 24.3 Å². The standard InChI is InChI=1S/C14H22O2/c1-11(2)4-9-14(15)13-7-5-12(6-8-13)10-16-3/h5-8,11,14-15H,4,9-10H2,1-3H3. The van der Waals surface area contributed by atoms with Crippen molar-refractivity contribution in [3.8, 4) is 0 Å². The number of hydrogen-bond acceptors (Lipinski definition) is 2. The maximum Gasteiger partial charge on any atom is 0.0790 e. The normalized spacial score (nSPS) is 13.1. The molecule has 1 aromatic rings. The molecule has 0 aromatic heterocycles. The van der Waals surface area contributed by atoms with E-state index in [-0.39, 0.29) is 6.10 Å². The minimum absolute atomic E-state index is 0.334. The van der Waals surface area contributed by atoms with Crippen molar-refractivity contribution in [2.75, 3.05) is 7.11 Å². The van der Waals surface area contributed by atoms with E-state index in [9.17, 15) is 5.11 Å². The Kier molecular flexibility index (Phi) is 5.50. The molecule has 2 heteroatoms. The van der Waals surface area contributed by atoms with Gasteiger partial charge in [0, 0.05) is 7.11 Å². The molecule has 1 rings (SSSR count). The van der Waals surface area contributed by atoms with Gasteiger partial charge in [-0.1, -0.05) is 38.1 Å². The van der Waals surface area contributed by atoms with E-state index in [1.807, 2.05) is 24.3 Å². The van der Waals surface area contributed by atoms with E-state index in [2.05, 4.69) is 13.8 Å². The van der Waals surface area contributed by atoms with Crippen LogP contribution in [0.4, 0.5) is 0 Å². The van der Waals surface area contributed by atoms with Crippen LogP contribution in [0.5, 0.6) is 0 Å². The summed E-state index contributed by atoms with van der Waals surface area (Å²) in [6.07, 6.45) is 1.56. The predicted octanol–water partition coefficient (Wildman–Crippen LogP) is 3.30. The zero-order valence-corrected chi connectivity index (χ0v) is 10.4. The summed E-state index contributed by atoms with van der Waals surface area (Å²) < 4.78 is 5.04. The van der Waals surface area contributed by atoms with Crippen molar-refractivity contribution < 1.29 is 9.84 Å². The molecule has 0 spiro atoms. The van der Waals surface area contributed by atoms with Crippen LogP contribution >= 0.6 is 0 Å². The average Bonchev–Trinajstić information content (AvgIpc) is 2.27. The van der Waals surface area contributed by atoms with Crippen LogP contribution in [0.3, 0.4) is 0 Å². The monoisotopic (exact) mass is 222 g/mol. The highest BCUT2D eigenvalue weighted by Gasteiger charge is 2.08. The largest absolute Gasteiger partial charge is 0.388 e. The van der Waals surface area contributed by atoms with Crippen molar-refractivity contribution in [2.24, 2.45) is 5.92 Å². The first-order valence-corrected chi connectivity index (χ1v) is 5.89. The lowest BCUT2D eigenvalue weighted by molar-refractivity contribution is 0.159. The lowest BCUT2D eigenvalue weighted by atomic mass is 9.99. The fourth-order valence-electron chi connectivity index (χ4n) is 1.66. The Morgan fingerprint density at radius 3 is 2.25 bits per heavy atom. The topological polar surface area (TPSA) is 29.5 Å². The van der Waals surface area contributed by atoms with E-state index in [1.54, 1.807) is 7.11 Å². The highest BCUT2D eigenvalue weighted by Crippen LogP contribution is 2.21. The summed E-state index contributed by atoms with van der Waals surface area (Å²) in [5, 5.41) is 9.96. The quantitative estimate of drug-likeness (QED) is 0.800. The Labute approximate surface area is 98.3 Å². The number of ether oxygens (including phenoxy) is 1. The van der Waals surface area contributed by atoms with Gasteiger partial charge in [0.1, 0.15) is 0 Å². The maximum atomic E-state index is 9.96. The molecule has 90 valence electrons. The highest BCUT2D eigenvalue weighted by atomic mass is 16.5. The molecule has 16 heavy (non-hydrogen) atoms. The molecule has 0 aliphatic heterocycles. The zero-order valence-electron chi connectivity index (χ0n) is 10.4. The fourth-order valence-corrected chi connectivity index (χ4v) is 1.66. The number of hydrogen-bond donors (Lipinski definition) is 1. The van der Waals surface area contributed by atoms with Crippen LogP contribution < -0.4 is 0 Å². The minimum atomic E-state index is -0.334. The minimum Gasteiger partial charge on any atom is -0.388 e. The lowest BCUT2D eigenvalue weighted by Gasteiger charge is -2.12. The van der Waals surface area contributed by atoms with Gasteiger partial charge in [0.2, 0.25) is 0 Å². The van der Waals surface area contributed by atoms with Crippen molar-refractivity contribution in [3.05, 3.63) is 35.4 Å². The van der Waals surface area contributed by atoms with E-state index in [1.165, 1.54) is 0 Å². The van der Waals surface area contributed by atoms with Gasteiger partial charge in [-0.2, -0.15) is 0 Å². The third kappa shape index (κ3) is 4.33. The number of aliphatic hydroxyl groups excluding tert-OH is 1. The van der Waals surface area contributed by atoms with Crippen LogP contribution in [-0.2, 0) is 11.3 Å². The molecule has 0 radical (unpaired) electrons. The van der Waals surface area contributed by atoms with Crippen LogP contribution in [0, 0.1) is 5.92 Å². The van der Waals surface area contributed by atoms with Crippen molar-refractivity contribution in [1.29, 1.82) is 0 Å². The van der Waals surface area contributed by atoms with Gasteiger partial charge in [0.15, 0.2) is 0 Å². The molecule has 0 aliphatic carbocycles. The zero-order chi connectivity index (χ0) is 12.0. The summed E-state index contributed by atoms with van der Waals surface area (Å²) in [5.41, 5.74) is 2.14. The highest BCUT2D eigenvalue weighted by molar-refractivity contribution is 5.23. The number of benzene rings is 1. The average molecular weight is 222 g/mol. The Morgan fingerprint density at radius 1 is 1.12 bits per heavy atom. The van der Waals surface area contributed by atoms with Gasteiger partial charge in [-0.3, -0.25) is 0 Å². The molecule has 2 nitrogen and oxygen atoms in total. The molecule has 0 bridgehead atoms. The second-order valence-corrected chi connectivity index (χ2v) is 4.66. The first-order valence-electron chi connectivity index (χ1n) is 5.89. The Morgan fingerprint density at radius 2 is 1.75 bits per heavy atom. The molecule has 1 unspecified atom stereocenters. The molecule has 0 heterocycles. The number of aliphatic hydroxyl groups is 1. The second-order valence-electron chi connectivity index (χ2n) is 4.66. The Balaban J connectivity index is 2.52. The fraction of sp³-hybridized carbons (Fsp3) is 0.571. The summed E-state index contributed by atoms with van der Waals surface area (Å²) in [6, 6.07) is 7.99. The summed E-state index contributed by atoms with van der Waals surface area (Å²) in [4.78, 5) is 0. The Bertz CT molecular complexity index is 290. The van der Waals surface area contributed by atoms with Gasteiger partial charge >= 0.3 is 0 Å². The molecular formula is C14H22O2. The van der Waals surface area contributed by atoms with Crippen molar-refractivity contribution >= 4 is 0 Å². The molecule has 0 amide bonds. The summed E-state index contributed by atoms with van der Waals surface area (Å²) in [6.45, 7) is 4.98. The van der Waals surface area contributed by atoms with Crippen molar-refractivity contribution in [1.82, 2.24) is 0 Å². The van der Waals surface area contributed by atoms with Gasteiger partial charge in [0.05, 0.1) is 12.7 Å². The van der Waals surface area contributed by atoms with Crippen molar-refractivity contribution in [3.63, 3.8) is 0 Å². The molecule has 0 saturated carbocycles. The van der Waals surface area contributed by atoms with Gasteiger partial charge in [0.25, 0.3) is 0 Å². The third-order valence-electron chi connectivity index (χ3n) is 2.69. The summed E-state index contributed by atoms with van der Waals surface area (Å²) in [5.74, 6) is 0.641. The van der Waals surface area contributed by atoms with Crippen LogP contribution in [0.25, 0.3) is 0 Å². The SMILES string of the molecule is COCc1ccc(C(O)CCC(C)C)cc1. The molecule has 1 N–H and O–H groups in total. The summed E-state index contributed by atoms with van der Waals surface area (Å²) in [7, 11) is 1.69. The van der Waals surface area contributed by atoms with Crippen LogP contribution in [-0.4, -0.2) is 12.2 Å². The molecule has 0 saturated heterocycles. The molecule has 1 atom stereocenters. The third-order valence-corrected chi connectivity index (χ3v) is 2.69. The van der Waals surface area contributed by atoms with E-state index in [4.69, 9.17) is 4.74 Å². The van der Waals surface area contributed by atoms with E-state index < -0.39 is 0 Å². The molecule has 0 aliphatic rings. The number of methoxy groups -OCH3 is 1. The smallest absolute Gasteiger partial charge is 0.0790 e. The van der Waals surface area contributed by atoms with Gasteiger partial charge < -0.3 is 9.84 Å². The van der Waals surface area contributed by atoms with Gasteiger partial charge in [-0.25, -0.2) is 0 Å². The molecule has 0 fully saturated rings. The van der Waals surface area contributed by atoms with E-state index in [0.29, 0.717) is 12.5 Å². The summed E-state index contributed by atoms with van der Waals surface area (Å²) >= 11 is 0. The van der Waals surface area contributed by atoms with Crippen molar-refractivity contribution in [2.45, 2.75) is 39.4 Å². The Hall–Kier alpha value is -0.860.